The molecule has 15 heavy (non-hydrogen) atoms. The van der Waals surface area contributed by atoms with Crippen LogP contribution in [0.2, 0.25) is 0 Å². The number of benzene rings is 1. The highest BCUT2D eigenvalue weighted by Gasteiger charge is 2.07. The van der Waals surface area contributed by atoms with Crippen molar-refractivity contribution in [3.63, 3.8) is 0 Å². The second-order valence-electron chi connectivity index (χ2n) is 2.71. The van der Waals surface area contributed by atoms with E-state index in [0.717, 1.165) is 0 Å². The van der Waals surface area contributed by atoms with Crippen LogP contribution in [0, 0.1) is 0 Å². The zero-order valence-electron chi connectivity index (χ0n) is 8.10. The van der Waals surface area contributed by atoms with E-state index in [2.05, 4.69) is 0 Å². The first-order valence-corrected chi connectivity index (χ1v) is 4.15. The highest BCUT2D eigenvalue weighted by Crippen LogP contribution is 2.27. The number of aliphatic carboxylic acids is 1. The molecular weight excluding hydrogens is 200 g/mol. The summed E-state index contributed by atoms with van der Waals surface area (Å²) in [6.45, 7) is -0.448. The smallest absolute Gasteiger partial charge is 0.341 e. The van der Waals surface area contributed by atoms with Gasteiger partial charge < -0.3 is 14.6 Å². The first-order chi connectivity index (χ1) is 7.17. The minimum absolute atomic E-state index is 0.297. The fraction of sp³-hybridized carbons (Fsp3) is 0.200. The minimum atomic E-state index is -1.07. The van der Waals surface area contributed by atoms with Gasteiger partial charge in [-0.05, 0) is 18.2 Å². The van der Waals surface area contributed by atoms with Gasteiger partial charge >= 0.3 is 5.97 Å². The summed E-state index contributed by atoms with van der Waals surface area (Å²) in [5, 5.41) is 8.42. The number of ether oxygens (including phenoxy) is 2. The number of rotatable bonds is 5. The third-order valence-corrected chi connectivity index (χ3v) is 1.67. The van der Waals surface area contributed by atoms with Crippen molar-refractivity contribution in [2.75, 3.05) is 13.7 Å². The van der Waals surface area contributed by atoms with Crippen molar-refractivity contribution in [2.45, 2.75) is 0 Å². The minimum Gasteiger partial charge on any atom is -0.493 e. The fourth-order valence-electron chi connectivity index (χ4n) is 1.02. The van der Waals surface area contributed by atoms with Gasteiger partial charge in [0, 0.05) is 5.56 Å². The number of carbonyl (C=O) groups is 2. The van der Waals surface area contributed by atoms with Crippen molar-refractivity contribution in [2.24, 2.45) is 0 Å². The van der Waals surface area contributed by atoms with Gasteiger partial charge in [0.1, 0.15) is 6.29 Å². The van der Waals surface area contributed by atoms with Crippen LogP contribution in [-0.2, 0) is 4.79 Å². The van der Waals surface area contributed by atoms with Gasteiger partial charge in [-0.15, -0.1) is 0 Å². The van der Waals surface area contributed by atoms with Gasteiger partial charge in [0.2, 0.25) is 0 Å². The molecule has 0 aliphatic rings. The molecule has 0 heterocycles. The summed E-state index contributed by atoms with van der Waals surface area (Å²) in [6.07, 6.45) is 0.670. The topological polar surface area (TPSA) is 72.8 Å². The summed E-state index contributed by atoms with van der Waals surface area (Å²) < 4.78 is 9.89. The van der Waals surface area contributed by atoms with Crippen LogP contribution in [0.15, 0.2) is 18.2 Å². The summed E-state index contributed by atoms with van der Waals surface area (Å²) >= 11 is 0. The Morgan fingerprint density at radius 2 is 2.20 bits per heavy atom. The zero-order chi connectivity index (χ0) is 11.3. The molecular formula is C10H10O5. The average molecular weight is 210 g/mol. The van der Waals surface area contributed by atoms with Crippen LogP contribution < -0.4 is 9.47 Å². The molecule has 0 radical (unpaired) electrons. The van der Waals surface area contributed by atoms with Crippen molar-refractivity contribution in [1.29, 1.82) is 0 Å². The Bertz CT molecular complexity index is 372. The number of hydrogen-bond acceptors (Lipinski definition) is 4. The largest absolute Gasteiger partial charge is 0.493 e. The van der Waals surface area contributed by atoms with Crippen molar-refractivity contribution in [3.05, 3.63) is 23.8 Å². The lowest BCUT2D eigenvalue weighted by atomic mass is 10.2. The molecule has 0 aliphatic heterocycles. The van der Waals surface area contributed by atoms with Gasteiger partial charge in [-0.1, -0.05) is 0 Å². The van der Waals surface area contributed by atoms with Crippen LogP contribution in [-0.4, -0.2) is 31.1 Å². The molecule has 1 aromatic rings. The maximum Gasteiger partial charge on any atom is 0.341 e. The van der Waals surface area contributed by atoms with E-state index in [1.54, 1.807) is 0 Å². The van der Waals surface area contributed by atoms with Crippen LogP contribution >= 0.6 is 0 Å². The Morgan fingerprint density at radius 1 is 1.47 bits per heavy atom. The number of carboxylic acid groups (broad SMARTS) is 1. The molecule has 0 spiro atoms. The van der Waals surface area contributed by atoms with E-state index in [-0.39, 0.29) is 0 Å². The van der Waals surface area contributed by atoms with Crippen molar-refractivity contribution < 1.29 is 24.2 Å². The van der Waals surface area contributed by atoms with Crippen molar-refractivity contribution >= 4 is 12.3 Å². The molecule has 0 amide bonds. The predicted octanol–water partition coefficient (Wildman–Crippen LogP) is 0.971. The van der Waals surface area contributed by atoms with E-state index in [1.165, 1.54) is 25.3 Å². The number of aldehydes is 1. The number of methoxy groups -OCH3 is 1. The number of carboxylic acids is 1. The Kier molecular flexibility index (Phi) is 3.68. The monoisotopic (exact) mass is 210 g/mol. The van der Waals surface area contributed by atoms with Crippen LogP contribution in [0.1, 0.15) is 10.4 Å². The molecule has 0 aliphatic carbocycles. The highest BCUT2D eigenvalue weighted by molar-refractivity contribution is 5.76. The third-order valence-electron chi connectivity index (χ3n) is 1.67. The molecule has 0 bridgehead atoms. The van der Waals surface area contributed by atoms with Gasteiger partial charge in [0.05, 0.1) is 7.11 Å². The molecule has 80 valence electrons. The lowest BCUT2D eigenvalue weighted by Gasteiger charge is -2.08. The van der Waals surface area contributed by atoms with Crippen LogP contribution in [0.25, 0.3) is 0 Å². The van der Waals surface area contributed by atoms with E-state index >= 15 is 0 Å². The Labute approximate surface area is 86.2 Å². The van der Waals surface area contributed by atoms with E-state index in [4.69, 9.17) is 14.6 Å². The summed E-state index contributed by atoms with van der Waals surface area (Å²) in [5.41, 5.74) is 0.439. The first kappa shape index (κ1) is 11.0. The standard InChI is InChI=1S/C10H10O5/c1-14-9-4-7(5-11)2-3-8(9)15-6-10(12)13/h2-5H,6H2,1H3,(H,12,13). The molecule has 0 atom stereocenters. The quantitative estimate of drug-likeness (QED) is 0.733. The molecule has 5 heteroatoms. The second-order valence-corrected chi connectivity index (χ2v) is 2.71. The summed E-state index contributed by atoms with van der Waals surface area (Å²) in [6, 6.07) is 4.49. The Morgan fingerprint density at radius 3 is 2.73 bits per heavy atom. The van der Waals surface area contributed by atoms with Gasteiger partial charge in [-0.25, -0.2) is 4.79 Å². The van der Waals surface area contributed by atoms with Crippen molar-refractivity contribution in [3.8, 4) is 11.5 Å². The maximum absolute atomic E-state index is 10.5. The third kappa shape index (κ3) is 2.98. The zero-order valence-corrected chi connectivity index (χ0v) is 8.10. The summed E-state index contributed by atoms with van der Waals surface area (Å²) in [4.78, 5) is 20.7. The lowest BCUT2D eigenvalue weighted by molar-refractivity contribution is -0.139. The molecule has 1 N–H and O–H groups in total. The number of carbonyl (C=O) groups excluding carboxylic acids is 1. The predicted molar refractivity (Wildman–Crippen MR) is 51.5 cm³/mol. The lowest BCUT2D eigenvalue weighted by Crippen LogP contribution is -2.10. The highest BCUT2D eigenvalue weighted by atomic mass is 16.5. The molecule has 0 fully saturated rings. The SMILES string of the molecule is COc1cc(C=O)ccc1OCC(=O)O. The molecule has 1 aromatic carbocycles. The van der Waals surface area contributed by atoms with E-state index in [0.29, 0.717) is 23.3 Å². The van der Waals surface area contributed by atoms with E-state index < -0.39 is 12.6 Å². The van der Waals surface area contributed by atoms with Gasteiger partial charge in [0.25, 0.3) is 0 Å². The maximum atomic E-state index is 10.5. The molecule has 0 aromatic heterocycles. The molecule has 1 rings (SSSR count). The molecule has 0 saturated carbocycles. The Hall–Kier alpha value is -2.04. The molecule has 0 unspecified atom stereocenters. The Balaban J connectivity index is 2.87. The van der Waals surface area contributed by atoms with Crippen LogP contribution in [0.5, 0.6) is 11.5 Å². The normalized spacial score (nSPS) is 9.40. The number of hydrogen-bond donors (Lipinski definition) is 1. The average Bonchev–Trinajstić information content (AvgIpc) is 2.25. The fourth-order valence-corrected chi connectivity index (χ4v) is 1.02. The van der Waals surface area contributed by atoms with Gasteiger partial charge in [-0.2, -0.15) is 0 Å². The van der Waals surface area contributed by atoms with Crippen molar-refractivity contribution in [1.82, 2.24) is 0 Å². The van der Waals surface area contributed by atoms with E-state index in [9.17, 15) is 9.59 Å². The molecule has 0 saturated heterocycles. The van der Waals surface area contributed by atoms with Gasteiger partial charge in [0.15, 0.2) is 18.1 Å². The van der Waals surface area contributed by atoms with Crippen LogP contribution in [0.4, 0.5) is 0 Å². The van der Waals surface area contributed by atoms with E-state index in [1.807, 2.05) is 0 Å². The first-order valence-electron chi connectivity index (χ1n) is 4.15. The molecule has 5 nitrogen and oxygen atoms in total. The van der Waals surface area contributed by atoms with Gasteiger partial charge in [-0.3, -0.25) is 4.79 Å². The summed E-state index contributed by atoms with van der Waals surface area (Å²) in [5.74, 6) is -0.442. The summed E-state index contributed by atoms with van der Waals surface area (Å²) in [7, 11) is 1.41. The van der Waals surface area contributed by atoms with Crippen LogP contribution in [0.3, 0.4) is 0 Å². The second kappa shape index (κ2) is 4.99.